The average molecular weight is 298 g/mol. The van der Waals surface area contributed by atoms with E-state index < -0.39 is 0 Å². The van der Waals surface area contributed by atoms with Crippen LogP contribution < -0.4 is 5.32 Å². The molecule has 3 nitrogen and oxygen atoms in total. The number of anilines is 2. The molecule has 0 saturated carbocycles. The minimum atomic E-state index is 0.457. The highest BCUT2D eigenvalue weighted by Crippen LogP contribution is 2.27. The van der Waals surface area contributed by atoms with Crippen LogP contribution in [0.3, 0.4) is 0 Å². The summed E-state index contributed by atoms with van der Waals surface area (Å²) in [6.07, 6.45) is 1.75. The lowest BCUT2D eigenvalue weighted by molar-refractivity contribution is 0.834. The van der Waals surface area contributed by atoms with Gasteiger partial charge >= 0.3 is 0 Å². The number of aromatic nitrogens is 2. The number of halogens is 1. The van der Waals surface area contributed by atoms with Gasteiger partial charge in [0.2, 0.25) is 0 Å². The first kappa shape index (κ1) is 11.5. The van der Waals surface area contributed by atoms with E-state index in [1.165, 1.54) is 0 Å². The van der Waals surface area contributed by atoms with Crippen LogP contribution in [0.5, 0.6) is 0 Å². The summed E-state index contributed by atoms with van der Waals surface area (Å²) in [6.45, 7) is 4.27. The van der Waals surface area contributed by atoms with Gasteiger partial charge in [0, 0.05) is 11.6 Å². The Morgan fingerprint density at radius 2 is 2.25 bits per heavy atom. The second-order valence-electron chi connectivity index (χ2n) is 3.69. The maximum absolute atomic E-state index is 4.49. The van der Waals surface area contributed by atoms with Crippen LogP contribution in [0.15, 0.2) is 28.2 Å². The van der Waals surface area contributed by atoms with E-state index >= 15 is 0 Å². The summed E-state index contributed by atoms with van der Waals surface area (Å²) in [5, 5.41) is 6.15. The Bertz CT molecular complexity index is 482. The smallest absolute Gasteiger partial charge is 0.188 e. The first-order valence-corrected chi connectivity index (χ1v) is 6.67. The summed E-state index contributed by atoms with van der Waals surface area (Å²) in [4.78, 5) is 8.73. The van der Waals surface area contributed by atoms with E-state index in [1.54, 1.807) is 17.5 Å². The third-order valence-electron chi connectivity index (χ3n) is 2.10. The molecule has 0 spiro atoms. The zero-order valence-corrected chi connectivity index (χ0v) is 11.5. The van der Waals surface area contributed by atoms with Crippen LogP contribution in [0.2, 0.25) is 0 Å². The van der Waals surface area contributed by atoms with E-state index in [-0.39, 0.29) is 0 Å². The van der Waals surface area contributed by atoms with Gasteiger partial charge in [0.05, 0.1) is 10.2 Å². The number of nitrogens with zero attached hydrogens (tertiary/aromatic N) is 2. The second-order valence-corrected chi connectivity index (χ2v) is 5.40. The van der Waals surface area contributed by atoms with Gasteiger partial charge in [-0.3, -0.25) is 0 Å². The minimum Gasteiger partial charge on any atom is -0.315 e. The van der Waals surface area contributed by atoms with Crippen molar-refractivity contribution in [3.05, 3.63) is 33.9 Å². The van der Waals surface area contributed by atoms with Crippen LogP contribution >= 0.6 is 27.3 Å². The Hall–Kier alpha value is -0.940. The quantitative estimate of drug-likeness (QED) is 0.924. The number of hydrogen-bond donors (Lipinski definition) is 1. The number of pyridine rings is 1. The fraction of sp³-hybridized carbons (Fsp3) is 0.273. The van der Waals surface area contributed by atoms with Crippen molar-refractivity contribution in [3.8, 4) is 0 Å². The molecule has 5 heteroatoms. The summed E-state index contributed by atoms with van der Waals surface area (Å²) in [6, 6.07) is 3.84. The molecule has 0 unspecified atom stereocenters. The maximum Gasteiger partial charge on any atom is 0.188 e. The molecule has 84 valence electrons. The molecule has 0 radical (unpaired) electrons. The SMILES string of the molecule is CC(C)c1csc(Nc2ncccc2Br)n1. The predicted octanol–water partition coefficient (Wildman–Crippen LogP) is 4.17. The molecule has 0 bridgehead atoms. The summed E-state index contributed by atoms with van der Waals surface area (Å²) < 4.78 is 0.941. The third-order valence-corrected chi connectivity index (χ3v) is 3.51. The molecular formula is C11H12BrN3S. The van der Waals surface area contributed by atoms with Crippen LogP contribution in [-0.2, 0) is 0 Å². The van der Waals surface area contributed by atoms with Crippen LogP contribution in [0.1, 0.15) is 25.5 Å². The fourth-order valence-electron chi connectivity index (χ4n) is 1.19. The predicted molar refractivity (Wildman–Crippen MR) is 71.4 cm³/mol. The summed E-state index contributed by atoms with van der Waals surface area (Å²) in [7, 11) is 0. The van der Waals surface area contributed by atoms with Crippen molar-refractivity contribution in [1.82, 2.24) is 9.97 Å². The van der Waals surface area contributed by atoms with Crippen molar-refractivity contribution in [1.29, 1.82) is 0 Å². The molecule has 0 amide bonds. The lowest BCUT2D eigenvalue weighted by Gasteiger charge is -2.03. The third kappa shape index (κ3) is 2.59. The Morgan fingerprint density at radius 1 is 1.44 bits per heavy atom. The van der Waals surface area contributed by atoms with Gasteiger partial charge in [0.25, 0.3) is 0 Å². The monoisotopic (exact) mass is 297 g/mol. The normalized spacial score (nSPS) is 10.8. The topological polar surface area (TPSA) is 37.8 Å². The standard InChI is InChI=1S/C11H12BrN3S/c1-7(2)9-6-16-11(14-9)15-10-8(12)4-3-5-13-10/h3-7H,1-2H3,(H,13,14,15). The molecule has 2 aromatic rings. The van der Waals surface area contributed by atoms with Gasteiger partial charge in [-0.25, -0.2) is 9.97 Å². The lowest BCUT2D eigenvalue weighted by Crippen LogP contribution is -1.94. The van der Waals surface area contributed by atoms with Crippen LogP contribution in [-0.4, -0.2) is 9.97 Å². The van der Waals surface area contributed by atoms with Crippen molar-refractivity contribution in [3.63, 3.8) is 0 Å². The number of nitrogens with one attached hydrogen (secondary N) is 1. The fourth-order valence-corrected chi connectivity index (χ4v) is 2.41. The van der Waals surface area contributed by atoms with E-state index in [2.05, 4.69) is 50.4 Å². The van der Waals surface area contributed by atoms with Crippen molar-refractivity contribution in [2.24, 2.45) is 0 Å². The first-order valence-electron chi connectivity index (χ1n) is 5.00. The lowest BCUT2D eigenvalue weighted by atomic mass is 10.2. The van der Waals surface area contributed by atoms with E-state index in [1.807, 2.05) is 12.1 Å². The summed E-state index contributed by atoms with van der Waals surface area (Å²) in [5.74, 6) is 1.26. The van der Waals surface area contributed by atoms with E-state index in [0.717, 1.165) is 21.1 Å². The highest BCUT2D eigenvalue weighted by Gasteiger charge is 2.07. The molecule has 2 aromatic heterocycles. The van der Waals surface area contributed by atoms with Crippen molar-refractivity contribution < 1.29 is 0 Å². The highest BCUT2D eigenvalue weighted by molar-refractivity contribution is 9.10. The summed E-state index contributed by atoms with van der Waals surface area (Å²) in [5.41, 5.74) is 1.11. The molecule has 2 rings (SSSR count). The Morgan fingerprint density at radius 3 is 2.88 bits per heavy atom. The molecule has 0 aliphatic rings. The molecule has 0 aliphatic heterocycles. The average Bonchev–Trinajstić information content (AvgIpc) is 2.70. The van der Waals surface area contributed by atoms with Gasteiger partial charge in [-0.15, -0.1) is 11.3 Å². The second kappa shape index (κ2) is 4.93. The molecule has 2 heterocycles. The number of hydrogen-bond acceptors (Lipinski definition) is 4. The molecule has 1 N–H and O–H groups in total. The van der Waals surface area contributed by atoms with Crippen LogP contribution in [0.4, 0.5) is 10.9 Å². The minimum absolute atomic E-state index is 0.457. The largest absolute Gasteiger partial charge is 0.315 e. The Balaban J connectivity index is 2.18. The maximum atomic E-state index is 4.49. The van der Waals surface area contributed by atoms with E-state index in [0.29, 0.717) is 5.92 Å². The molecule has 0 aliphatic carbocycles. The molecule has 16 heavy (non-hydrogen) atoms. The zero-order chi connectivity index (χ0) is 11.5. The highest BCUT2D eigenvalue weighted by atomic mass is 79.9. The van der Waals surface area contributed by atoms with Crippen LogP contribution in [0, 0.1) is 0 Å². The van der Waals surface area contributed by atoms with Gasteiger partial charge in [-0.1, -0.05) is 13.8 Å². The zero-order valence-electron chi connectivity index (χ0n) is 9.07. The number of thiazole rings is 1. The van der Waals surface area contributed by atoms with E-state index in [4.69, 9.17) is 0 Å². The van der Waals surface area contributed by atoms with Gasteiger partial charge in [-0.05, 0) is 34.0 Å². The number of rotatable bonds is 3. The van der Waals surface area contributed by atoms with E-state index in [9.17, 15) is 0 Å². The Kier molecular flexibility index (Phi) is 3.56. The van der Waals surface area contributed by atoms with Crippen LogP contribution in [0.25, 0.3) is 0 Å². The first-order chi connectivity index (χ1) is 7.66. The van der Waals surface area contributed by atoms with Gasteiger partial charge in [0.1, 0.15) is 5.82 Å². The molecular weight excluding hydrogens is 286 g/mol. The molecule has 0 aromatic carbocycles. The van der Waals surface area contributed by atoms with Gasteiger partial charge in [-0.2, -0.15) is 0 Å². The Labute approximate surface area is 107 Å². The van der Waals surface area contributed by atoms with Crippen molar-refractivity contribution in [2.75, 3.05) is 5.32 Å². The molecule has 0 saturated heterocycles. The van der Waals surface area contributed by atoms with Gasteiger partial charge in [0.15, 0.2) is 5.13 Å². The molecule has 0 fully saturated rings. The van der Waals surface area contributed by atoms with Crippen molar-refractivity contribution >= 4 is 38.2 Å². The summed E-state index contributed by atoms with van der Waals surface area (Å²) >= 11 is 5.04. The molecule has 0 atom stereocenters. The van der Waals surface area contributed by atoms with Gasteiger partial charge < -0.3 is 5.32 Å². The van der Waals surface area contributed by atoms with Crippen molar-refractivity contribution in [2.45, 2.75) is 19.8 Å².